The Balaban J connectivity index is 2.04. The third-order valence-corrected chi connectivity index (χ3v) is 3.07. The van der Waals surface area contributed by atoms with E-state index in [4.69, 9.17) is 5.11 Å². The SMILES string of the molecule is O=C(O)c1ccc2c(c1)NC1(CC1)C(=O)N2. The third kappa shape index (κ3) is 1.18. The zero-order valence-electron chi connectivity index (χ0n) is 8.41. The second-order valence-electron chi connectivity index (χ2n) is 4.23. The lowest BCUT2D eigenvalue weighted by Crippen LogP contribution is -2.41. The first-order valence-electron chi connectivity index (χ1n) is 5.08. The van der Waals surface area contributed by atoms with Crippen molar-refractivity contribution in [3.8, 4) is 0 Å². The van der Waals surface area contributed by atoms with Gasteiger partial charge in [-0.15, -0.1) is 0 Å². The van der Waals surface area contributed by atoms with Crippen LogP contribution in [-0.4, -0.2) is 22.5 Å². The van der Waals surface area contributed by atoms with Gasteiger partial charge in [0.05, 0.1) is 16.9 Å². The van der Waals surface area contributed by atoms with Gasteiger partial charge in [0.1, 0.15) is 5.54 Å². The molecular weight excluding hydrogens is 208 g/mol. The van der Waals surface area contributed by atoms with E-state index in [0.717, 1.165) is 12.8 Å². The van der Waals surface area contributed by atoms with Crippen LogP contribution >= 0.6 is 0 Å². The van der Waals surface area contributed by atoms with E-state index in [1.54, 1.807) is 12.1 Å². The molecule has 0 bridgehead atoms. The molecule has 0 unspecified atom stereocenters. The summed E-state index contributed by atoms with van der Waals surface area (Å²) < 4.78 is 0. The summed E-state index contributed by atoms with van der Waals surface area (Å²) in [5.41, 5.74) is 1.08. The van der Waals surface area contributed by atoms with E-state index in [0.29, 0.717) is 11.4 Å². The van der Waals surface area contributed by atoms with Crippen molar-refractivity contribution in [1.29, 1.82) is 0 Å². The third-order valence-electron chi connectivity index (χ3n) is 3.07. The molecule has 1 heterocycles. The number of carboxylic acids is 1. The zero-order chi connectivity index (χ0) is 11.3. The molecule has 16 heavy (non-hydrogen) atoms. The van der Waals surface area contributed by atoms with E-state index in [1.807, 2.05) is 0 Å². The number of nitrogens with one attached hydrogen (secondary N) is 2. The number of aromatic carboxylic acids is 1. The van der Waals surface area contributed by atoms with Crippen molar-refractivity contribution in [2.75, 3.05) is 10.6 Å². The first-order valence-corrected chi connectivity index (χ1v) is 5.08. The number of carbonyl (C=O) groups excluding carboxylic acids is 1. The minimum Gasteiger partial charge on any atom is -0.478 e. The highest BCUT2D eigenvalue weighted by atomic mass is 16.4. The Kier molecular flexibility index (Phi) is 1.58. The van der Waals surface area contributed by atoms with Crippen LogP contribution in [0, 0.1) is 0 Å². The number of carboxylic acid groups (broad SMARTS) is 1. The first-order chi connectivity index (χ1) is 7.61. The number of rotatable bonds is 1. The highest BCUT2D eigenvalue weighted by molar-refractivity contribution is 6.08. The van der Waals surface area contributed by atoms with Gasteiger partial charge in [-0.2, -0.15) is 0 Å². The van der Waals surface area contributed by atoms with E-state index in [2.05, 4.69) is 10.6 Å². The smallest absolute Gasteiger partial charge is 0.335 e. The van der Waals surface area contributed by atoms with Gasteiger partial charge >= 0.3 is 5.97 Å². The molecule has 0 aromatic heterocycles. The van der Waals surface area contributed by atoms with Crippen LogP contribution < -0.4 is 10.6 Å². The Morgan fingerprint density at radius 3 is 2.69 bits per heavy atom. The average molecular weight is 218 g/mol. The predicted octanol–water partition coefficient (Wildman–Crippen LogP) is 1.28. The molecule has 0 radical (unpaired) electrons. The summed E-state index contributed by atoms with van der Waals surface area (Å²) in [7, 11) is 0. The zero-order valence-corrected chi connectivity index (χ0v) is 8.41. The second kappa shape index (κ2) is 2.75. The van der Waals surface area contributed by atoms with E-state index in [9.17, 15) is 9.59 Å². The van der Waals surface area contributed by atoms with Crippen molar-refractivity contribution in [2.24, 2.45) is 0 Å². The predicted molar refractivity (Wildman–Crippen MR) is 57.6 cm³/mol. The summed E-state index contributed by atoms with van der Waals surface area (Å²) >= 11 is 0. The van der Waals surface area contributed by atoms with Gasteiger partial charge in [-0.25, -0.2) is 4.79 Å². The first kappa shape index (κ1) is 9.21. The number of fused-ring (bicyclic) bond motifs is 1. The minimum atomic E-state index is -0.966. The summed E-state index contributed by atoms with van der Waals surface area (Å²) in [4.78, 5) is 22.5. The summed E-state index contributed by atoms with van der Waals surface area (Å²) in [6, 6.07) is 4.64. The maximum absolute atomic E-state index is 11.7. The molecule has 3 rings (SSSR count). The largest absolute Gasteiger partial charge is 0.478 e. The molecule has 1 aromatic rings. The van der Waals surface area contributed by atoms with Gasteiger partial charge in [0.15, 0.2) is 0 Å². The van der Waals surface area contributed by atoms with Gasteiger partial charge < -0.3 is 15.7 Å². The Morgan fingerprint density at radius 1 is 1.31 bits per heavy atom. The topological polar surface area (TPSA) is 78.4 Å². The lowest BCUT2D eigenvalue weighted by atomic mass is 10.1. The van der Waals surface area contributed by atoms with E-state index >= 15 is 0 Å². The monoisotopic (exact) mass is 218 g/mol. The maximum Gasteiger partial charge on any atom is 0.335 e. The minimum absolute atomic E-state index is 0.0249. The van der Waals surface area contributed by atoms with Crippen LogP contribution in [0.2, 0.25) is 0 Å². The highest BCUT2D eigenvalue weighted by Gasteiger charge is 2.52. The van der Waals surface area contributed by atoms with E-state index in [1.165, 1.54) is 6.07 Å². The van der Waals surface area contributed by atoms with Crippen molar-refractivity contribution in [2.45, 2.75) is 18.4 Å². The number of hydrogen-bond donors (Lipinski definition) is 3. The number of amides is 1. The van der Waals surface area contributed by atoms with Crippen molar-refractivity contribution >= 4 is 23.3 Å². The van der Waals surface area contributed by atoms with Crippen LogP contribution in [0.1, 0.15) is 23.2 Å². The van der Waals surface area contributed by atoms with Crippen LogP contribution in [0.4, 0.5) is 11.4 Å². The van der Waals surface area contributed by atoms with Crippen LogP contribution in [-0.2, 0) is 4.79 Å². The lowest BCUT2D eigenvalue weighted by molar-refractivity contribution is -0.117. The van der Waals surface area contributed by atoms with Crippen LogP contribution in [0.5, 0.6) is 0 Å². The van der Waals surface area contributed by atoms with Crippen LogP contribution in [0.15, 0.2) is 18.2 Å². The quantitative estimate of drug-likeness (QED) is 0.663. The fourth-order valence-corrected chi connectivity index (χ4v) is 1.92. The molecule has 3 N–H and O–H groups in total. The molecule has 5 nitrogen and oxygen atoms in total. The molecule has 0 atom stereocenters. The standard InChI is InChI=1S/C11H10N2O3/c14-9(15)6-1-2-7-8(5-6)13-11(3-4-11)10(16)12-7/h1-2,5,13H,3-4H2,(H,12,16)(H,14,15). The highest BCUT2D eigenvalue weighted by Crippen LogP contribution is 2.45. The van der Waals surface area contributed by atoms with Gasteiger partial charge in [-0.3, -0.25) is 4.79 Å². The van der Waals surface area contributed by atoms with Crippen LogP contribution in [0.3, 0.4) is 0 Å². The molecular formula is C11H10N2O3. The van der Waals surface area contributed by atoms with Gasteiger partial charge in [-0.05, 0) is 31.0 Å². The number of hydrogen-bond acceptors (Lipinski definition) is 3. The molecule has 1 aromatic carbocycles. The summed E-state index contributed by atoms with van der Waals surface area (Å²) in [5, 5.41) is 14.8. The Morgan fingerprint density at radius 2 is 2.06 bits per heavy atom. The lowest BCUT2D eigenvalue weighted by Gasteiger charge is -2.26. The summed E-state index contributed by atoms with van der Waals surface area (Å²) in [6.45, 7) is 0. The van der Waals surface area contributed by atoms with Crippen molar-refractivity contribution in [1.82, 2.24) is 0 Å². The molecule has 1 spiro atoms. The van der Waals surface area contributed by atoms with Crippen LogP contribution in [0.25, 0.3) is 0 Å². The maximum atomic E-state index is 11.7. The fraction of sp³-hybridized carbons (Fsp3) is 0.273. The molecule has 1 saturated carbocycles. The molecule has 5 heteroatoms. The van der Waals surface area contributed by atoms with Gasteiger partial charge in [0, 0.05) is 0 Å². The number of carbonyl (C=O) groups is 2. The Hall–Kier alpha value is -2.04. The summed E-state index contributed by atoms with van der Waals surface area (Å²) in [5.74, 6) is -0.991. The van der Waals surface area contributed by atoms with Gasteiger partial charge in [0.25, 0.3) is 0 Å². The average Bonchev–Trinajstić information content (AvgIpc) is 3.00. The normalized spacial score (nSPS) is 19.6. The van der Waals surface area contributed by atoms with E-state index in [-0.39, 0.29) is 11.5 Å². The van der Waals surface area contributed by atoms with Gasteiger partial charge in [0.2, 0.25) is 5.91 Å². The summed E-state index contributed by atoms with van der Waals surface area (Å²) in [6.07, 6.45) is 1.60. The second-order valence-corrected chi connectivity index (χ2v) is 4.23. The van der Waals surface area contributed by atoms with Gasteiger partial charge in [-0.1, -0.05) is 0 Å². The Bertz CT molecular complexity index is 506. The fourth-order valence-electron chi connectivity index (χ4n) is 1.92. The molecule has 1 amide bonds. The molecule has 1 fully saturated rings. The molecule has 1 aliphatic heterocycles. The number of anilines is 2. The molecule has 1 aliphatic carbocycles. The Labute approximate surface area is 91.5 Å². The van der Waals surface area contributed by atoms with Crippen molar-refractivity contribution < 1.29 is 14.7 Å². The van der Waals surface area contributed by atoms with E-state index < -0.39 is 11.5 Å². The van der Waals surface area contributed by atoms with Crippen molar-refractivity contribution in [3.63, 3.8) is 0 Å². The molecule has 2 aliphatic rings. The number of benzene rings is 1. The molecule has 0 saturated heterocycles. The molecule has 82 valence electrons. The van der Waals surface area contributed by atoms with Crippen molar-refractivity contribution in [3.05, 3.63) is 23.8 Å².